The molecule has 1 aromatic heterocycles. The van der Waals surface area contributed by atoms with E-state index in [-0.39, 0.29) is 36.8 Å². The first-order valence-electron chi connectivity index (χ1n) is 7.77. The molecule has 1 aromatic carbocycles. The number of aromatic nitrogens is 1. The van der Waals surface area contributed by atoms with Crippen LogP contribution >= 0.6 is 36.2 Å². The van der Waals surface area contributed by atoms with E-state index in [0.29, 0.717) is 25.2 Å². The Morgan fingerprint density at radius 1 is 1.32 bits per heavy atom. The van der Waals surface area contributed by atoms with Crippen molar-refractivity contribution in [3.05, 3.63) is 52.0 Å². The number of benzene rings is 1. The summed E-state index contributed by atoms with van der Waals surface area (Å²) >= 11 is 1.48. The lowest BCUT2D eigenvalue weighted by atomic mass is 10.2. The van der Waals surface area contributed by atoms with E-state index in [1.807, 2.05) is 18.2 Å². The van der Waals surface area contributed by atoms with Crippen molar-refractivity contribution in [2.24, 2.45) is 5.73 Å². The molecule has 0 bridgehead atoms. The number of hydrogen-bond acceptors (Lipinski definition) is 5. The molecule has 140 valence electrons. The Morgan fingerprint density at radius 3 is 2.64 bits per heavy atom. The lowest BCUT2D eigenvalue weighted by molar-refractivity contribution is 0.0935. The second-order valence-electron chi connectivity index (χ2n) is 5.62. The maximum absolute atomic E-state index is 12.1. The van der Waals surface area contributed by atoms with Crippen molar-refractivity contribution >= 4 is 42.1 Å². The summed E-state index contributed by atoms with van der Waals surface area (Å²) in [6, 6.07) is 10.5. The van der Waals surface area contributed by atoms with Crippen LogP contribution in [0.3, 0.4) is 0 Å². The second-order valence-corrected chi connectivity index (χ2v) is 6.57. The summed E-state index contributed by atoms with van der Waals surface area (Å²) in [7, 11) is 2.06. The molecule has 5 nitrogen and oxygen atoms in total. The number of halogens is 2. The van der Waals surface area contributed by atoms with Crippen molar-refractivity contribution in [3.8, 4) is 0 Å². The quantitative estimate of drug-likeness (QED) is 0.709. The molecular weight excluding hydrogens is 379 g/mol. The zero-order valence-corrected chi connectivity index (χ0v) is 16.9. The Kier molecular flexibility index (Phi) is 11.6. The summed E-state index contributed by atoms with van der Waals surface area (Å²) in [6.07, 6.45) is 0.716. The van der Waals surface area contributed by atoms with E-state index in [1.165, 1.54) is 16.9 Å². The summed E-state index contributed by atoms with van der Waals surface area (Å²) < 4.78 is 0. The highest BCUT2D eigenvalue weighted by Gasteiger charge is 2.14. The minimum absolute atomic E-state index is 0. The van der Waals surface area contributed by atoms with Crippen LogP contribution in [-0.4, -0.2) is 42.0 Å². The average molecular weight is 405 g/mol. The third-order valence-corrected chi connectivity index (χ3v) is 4.64. The van der Waals surface area contributed by atoms with E-state index in [4.69, 9.17) is 5.73 Å². The first-order valence-corrected chi connectivity index (χ1v) is 8.65. The molecule has 1 atom stereocenters. The van der Waals surface area contributed by atoms with Crippen LogP contribution in [-0.2, 0) is 13.0 Å². The van der Waals surface area contributed by atoms with Crippen LogP contribution in [0.1, 0.15) is 28.0 Å². The standard InChI is InChI=1S/C17H24N4OS.2ClH/c1-13(21(2)11-14-6-4-3-5-7-14)10-19-17(22)15-12-23-16(20-15)8-9-18;;/h3-7,12-13H,8-11,18H2,1-2H3,(H,19,22);2*1H. The minimum Gasteiger partial charge on any atom is -0.349 e. The zero-order valence-electron chi connectivity index (χ0n) is 14.5. The van der Waals surface area contributed by atoms with Gasteiger partial charge in [-0.25, -0.2) is 4.98 Å². The van der Waals surface area contributed by atoms with Crippen LogP contribution in [0.25, 0.3) is 0 Å². The van der Waals surface area contributed by atoms with Crippen molar-refractivity contribution in [1.29, 1.82) is 0 Å². The maximum atomic E-state index is 12.1. The summed E-state index contributed by atoms with van der Waals surface area (Å²) in [5.74, 6) is -0.121. The highest BCUT2D eigenvalue weighted by atomic mass is 35.5. The fraction of sp³-hybridized carbons (Fsp3) is 0.412. The predicted octanol–water partition coefficient (Wildman–Crippen LogP) is 2.74. The largest absolute Gasteiger partial charge is 0.349 e. The summed E-state index contributed by atoms with van der Waals surface area (Å²) in [6.45, 7) is 4.10. The van der Waals surface area contributed by atoms with E-state index in [2.05, 4.69) is 41.3 Å². The second kappa shape index (κ2) is 12.2. The highest BCUT2D eigenvalue weighted by Crippen LogP contribution is 2.10. The molecule has 0 aliphatic carbocycles. The Balaban J connectivity index is 0.00000288. The van der Waals surface area contributed by atoms with Gasteiger partial charge in [0, 0.05) is 30.9 Å². The van der Waals surface area contributed by atoms with Gasteiger partial charge in [-0.3, -0.25) is 9.69 Å². The molecule has 8 heteroatoms. The Morgan fingerprint density at radius 2 is 2.00 bits per heavy atom. The number of nitrogens with zero attached hydrogens (tertiary/aromatic N) is 2. The van der Waals surface area contributed by atoms with Crippen LogP contribution in [0.5, 0.6) is 0 Å². The Hall–Kier alpha value is -1.18. The van der Waals surface area contributed by atoms with Crippen LogP contribution in [0.2, 0.25) is 0 Å². The fourth-order valence-electron chi connectivity index (χ4n) is 2.17. The number of rotatable bonds is 8. The molecule has 2 aromatic rings. The average Bonchev–Trinajstić information content (AvgIpc) is 3.02. The SMILES string of the molecule is CC(CNC(=O)c1csc(CCN)n1)N(C)Cc1ccccc1.Cl.Cl. The molecule has 1 amide bonds. The number of thiazole rings is 1. The van der Waals surface area contributed by atoms with Gasteiger partial charge < -0.3 is 11.1 Å². The van der Waals surface area contributed by atoms with Crippen molar-refractivity contribution in [2.45, 2.75) is 25.9 Å². The van der Waals surface area contributed by atoms with Crippen molar-refractivity contribution in [2.75, 3.05) is 20.1 Å². The molecule has 1 unspecified atom stereocenters. The van der Waals surface area contributed by atoms with E-state index in [1.54, 1.807) is 5.38 Å². The first kappa shape index (κ1) is 23.8. The van der Waals surface area contributed by atoms with E-state index in [9.17, 15) is 4.79 Å². The number of amides is 1. The number of hydrogen-bond donors (Lipinski definition) is 2. The molecule has 1 heterocycles. The third kappa shape index (κ3) is 7.71. The van der Waals surface area contributed by atoms with Crippen molar-refractivity contribution < 1.29 is 4.79 Å². The van der Waals surface area contributed by atoms with Gasteiger partial charge in [-0.15, -0.1) is 36.2 Å². The maximum Gasteiger partial charge on any atom is 0.270 e. The molecule has 0 radical (unpaired) electrons. The number of likely N-dealkylation sites (N-methyl/N-ethyl adjacent to an activating group) is 1. The zero-order chi connectivity index (χ0) is 16.7. The summed E-state index contributed by atoms with van der Waals surface area (Å²) in [4.78, 5) is 18.7. The molecule has 25 heavy (non-hydrogen) atoms. The van der Waals surface area contributed by atoms with Gasteiger partial charge >= 0.3 is 0 Å². The van der Waals surface area contributed by atoms with Crippen molar-refractivity contribution in [3.63, 3.8) is 0 Å². The van der Waals surface area contributed by atoms with Crippen LogP contribution < -0.4 is 11.1 Å². The molecule has 0 aliphatic rings. The monoisotopic (exact) mass is 404 g/mol. The molecule has 0 fully saturated rings. The van der Waals surface area contributed by atoms with Crippen molar-refractivity contribution in [1.82, 2.24) is 15.2 Å². The van der Waals surface area contributed by atoms with E-state index < -0.39 is 0 Å². The summed E-state index contributed by atoms with van der Waals surface area (Å²) in [5, 5.41) is 5.65. The van der Waals surface area contributed by atoms with Crippen LogP contribution in [0, 0.1) is 0 Å². The first-order chi connectivity index (χ1) is 11.1. The molecular formula is C17H26Cl2N4OS. The molecule has 0 saturated carbocycles. The summed E-state index contributed by atoms with van der Waals surface area (Å²) in [5.41, 5.74) is 7.25. The van der Waals surface area contributed by atoms with Gasteiger partial charge in [0.1, 0.15) is 5.69 Å². The molecule has 0 aliphatic heterocycles. The lowest BCUT2D eigenvalue weighted by Crippen LogP contribution is -2.39. The number of nitrogens with two attached hydrogens (primary N) is 1. The normalized spacial score (nSPS) is 11.4. The fourth-order valence-corrected chi connectivity index (χ4v) is 2.96. The third-order valence-electron chi connectivity index (χ3n) is 3.73. The lowest BCUT2D eigenvalue weighted by Gasteiger charge is -2.24. The Labute approximate surface area is 165 Å². The number of carbonyl (C=O) groups is 1. The van der Waals surface area contributed by atoms with E-state index in [0.717, 1.165) is 11.6 Å². The minimum atomic E-state index is -0.121. The van der Waals surface area contributed by atoms with Gasteiger partial charge in [0.25, 0.3) is 5.91 Å². The topological polar surface area (TPSA) is 71.2 Å². The highest BCUT2D eigenvalue weighted by molar-refractivity contribution is 7.09. The van der Waals surface area contributed by atoms with Gasteiger partial charge in [0.05, 0.1) is 5.01 Å². The smallest absolute Gasteiger partial charge is 0.270 e. The van der Waals surface area contributed by atoms with Gasteiger partial charge in [-0.2, -0.15) is 0 Å². The van der Waals surface area contributed by atoms with Crippen LogP contribution in [0.15, 0.2) is 35.7 Å². The molecule has 0 spiro atoms. The predicted molar refractivity (Wildman–Crippen MR) is 109 cm³/mol. The molecule has 2 rings (SSSR count). The molecule has 0 saturated heterocycles. The van der Waals surface area contributed by atoms with Gasteiger partial charge in [-0.1, -0.05) is 30.3 Å². The number of nitrogens with one attached hydrogen (secondary N) is 1. The van der Waals surface area contributed by atoms with Gasteiger partial charge in [0.15, 0.2) is 0 Å². The van der Waals surface area contributed by atoms with E-state index >= 15 is 0 Å². The van der Waals surface area contributed by atoms with Gasteiger partial charge in [0.2, 0.25) is 0 Å². The van der Waals surface area contributed by atoms with Crippen LogP contribution in [0.4, 0.5) is 0 Å². The van der Waals surface area contributed by atoms with Gasteiger partial charge in [-0.05, 0) is 26.1 Å². The molecule has 3 N–H and O–H groups in total. The number of carbonyl (C=O) groups excluding carboxylic acids is 1. The Bertz CT molecular complexity index is 624.